The first-order valence-corrected chi connectivity index (χ1v) is 14.0. The number of pyridine rings is 2. The smallest absolute Gasteiger partial charge is 0.261 e. The maximum Gasteiger partial charge on any atom is 0.261 e. The Kier molecular flexibility index (Phi) is 7.84. The minimum Gasteiger partial charge on any atom is -0.505 e. The topological polar surface area (TPSA) is 168 Å². The molecular weight excluding hydrogens is 580 g/mol. The van der Waals surface area contributed by atoms with Gasteiger partial charge in [-0.2, -0.15) is 5.10 Å². The first-order chi connectivity index (χ1) is 21.5. The van der Waals surface area contributed by atoms with E-state index in [1.165, 1.54) is 17.7 Å². The standard InChI is InChI=1S/C18H13N5O2.C13H9N3O2S/c24-17-15(8-3-12-2-1-9-20-16(12)17)18(25)22-13-4-6-14(7-5-13)23-11-19-10-21-23;17-11-9(12(18)16-13-15-6-7-19-13)4-3-8-2-1-5-14-10(8)11/h1-11,24H,(H,22,25);1-7,17H,(H,15,16,18). The summed E-state index contributed by atoms with van der Waals surface area (Å²) in [5.41, 5.74) is 2.60. The summed E-state index contributed by atoms with van der Waals surface area (Å²) in [6.45, 7) is 0. The number of nitrogens with one attached hydrogen (secondary N) is 2. The zero-order valence-electron chi connectivity index (χ0n) is 22.7. The summed E-state index contributed by atoms with van der Waals surface area (Å²) in [5, 5.41) is 33.7. The van der Waals surface area contributed by atoms with Gasteiger partial charge in [0.15, 0.2) is 16.6 Å². The second kappa shape index (κ2) is 12.3. The van der Waals surface area contributed by atoms with Crippen molar-refractivity contribution in [2.24, 2.45) is 0 Å². The zero-order chi connectivity index (χ0) is 30.5. The monoisotopic (exact) mass is 602 g/mol. The van der Waals surface area contributed by atoms with Crippen molar-refractivity contribution in [1.82, 2.24) is 29.7 Å². The van der Waals surface area contributed by atoms with Crippen molar-refractivity contribution >= 4 is 55.8 Å². The van der Waals surface area contributed by atoms with E-state index in [0.717, 1.165) is 16.5 Å². The van der Waals surface area contributed by atoms with E-state index in [9.17, 15) is 19.8 Å². The second-order valence-electron chi connectivity index (χ2n) is 9.21. The largest absolute Gasteiger partial charge is 0.505 e. The lowest BCUT2D eigenvalue weighted by Crippen LogP contribution is -2.12. The quantitative estimate of drug-likeness (QED) is 0.201. The van der Waals surface area contributed by atoms with E-state index in [1.807, 2.05) is 24.3 Å². The number of hydrogen-bond donors (Lipinski definition) is 4. The molecule has 0 aliphatic heterocycles. The van der Waals surface area contributed by atoms with Gasteiger partial charge in [0.25, 0.3) is 11.8 Å². The second-order valence-corrected chi connectivity index (χ2v) is 10.1. The molecule has 13 heteroatoms. The number of fused-ring (bicyclic) bond motifs is 2. The third kappa shape index (κ3) is 5.89. The van der Waals surface area contributed by atoms with Crippen LogP contribution in [0.15, 0.2) is 109 Å². The Bertz CT molecular complexity index is 2080. The van der Waals surface area contributed by atoms with Gasteiger partial charge in [0.1, 0.15) is 23.7 Å². The van der Waals surface area contributed by atoms with Crippen LogP contribution in [0.2, 0.25) is 0 Å². The Morgan fingerprint density at radius 1 is 0.705 bits per heavy atom. The third-order valence-corrected chi connectivity index (χ3v) is 7.13. The molecule has 0 aliphatic rings. The van der Waals surface area contributed by atoms with Crippen molar-refractivity contribution in [1.29, 1.82) is 0 Å². The molecule has 4 N–H and O–H groups in total. The first kappa shape index (κ1) is 27.9. The molecule has 0 fully saturated rings. The highest BCUT2D eigenvalue weighted by atomic mass is 32.1. The highest BCUT2D eigenvalue weighted by molar-refractivity contribution is 7.13. The van der Waals surface area contributed by atoms with Gasteiger partial charge in [0.05, 0.1) is 16.8 Å². The lowest BCUT2D eigenvalue weighted by Gasteiger charge is -2.09. The molecule has 0 saturated carbocycles. The number of nitrogens with zero attached hydrogens (tertiary/aromatic N) is 6. The number of aromatic nitrogens is 6. The predicted molar refractivity (Wildman–Crippen MR) is 166 cm³/mol. The lowest BCUT2D eigenvalue weighted by atomic mass is 10.1. The summed E-state index contributed by atoms with van der Waals surface area (Å²) < 4.78 is 1.62. The van der Waals surface area contributed by atoms with Crippen molar-refractivity contribution in [2.45, 2.75) is 0 Å². The molecule has 0 unspecified atom stereocenters. The van der Waals surface area contributed by atoms with Crippen LogP contribution in [0.1, 0.15) is 20.7 Å². The molecule has 0 radical (unpaired) electrons. The van der Waals surface area contributed by atoms with E-state index < -0.39 is 11.8 Å². The van der Waals surface area contributed by atoms with E-state index in [-0.39, 0.29) is 22.6 Å². The summed E-state index contributed by atoms with van der Waals surface area (Å²) in [7, 11) is 0. The molecule has 12 nitrogen and oxygen atoms in total. The number of aromatic hydroxyl groups is 2. The van der Waals surface area contributed by atoms with E-state index in [1.54, 1.807) is 83.5 Å². The molecule has 216 valence electrons. The SMILES string of the molecule is O=C(Nc1ccc(-n2cncn2)cc1)c1ccc2cccnc2c1O.O=C(Nc1nccs1)c1ccc2cccnc2c1O. The predicted octanol–water partition coefficient (Wildman–Crippen LogP) is 5.42. The number of benzene rings is 3. The molecular formula is C31H22N8O4S. The Balaban J connectivity index is 0.000000162. The van der Waals surface area contributed by atoms with Crippen LogP contribution in [0, 0.1) is 0 Å². The van der Waals surface area contributed by atoms with Gasteiger partial charge in [0, 0.05) is 40.4 Å². The third-order valence-electron chi connectivity index (χ3n) is 6.45. The molecule has 3 aromatic carbocycles. The Labute approximate surface area is 253 Å². The van der Waals surface area contributed by atoms with Crippen molar-refractivity contribution in [3.8, 4) is 17.2 Å². The minimum atomic E-state index is -0.404. The summed E-state index contributed by atoms with van der Waals surface area (Å²) in [6.07, 6.45) is 7.79. The van der Waals surface area contributed by atoms with Crippen LogP contribution >= 0.6 is 11.3 Å². The van der Waals surface area contributed by atoms with Crippen LogP contribution in [0.3, 0.4) is 0 Å². The summed E-state index contributed by atoms with van der Waals surface area (Å²) in [4.78, 5) is 40.6. The number of phenolic OH excluding ortho intramolecular Hbond substituents is 2. The Morgan fingerprint density at radius 2 is 1.32 bits per heavy atom. The number of phenols is 2. The fourth-order valence-corrected chi connectivity index (χ4v) is 4.84. The first-order valence-electron chi connectivity index (χ1n) is 13.1. The Hall–Kier alpha value is -6.21. The van der Waals surface area contributed by atoms with Gasteiger partial charge in [0.2, 0.25) is 0 Å². The van der Waals surface area contributed by atoms with Gasteiger partial charge in [-0.05, 0) is 48.5 Å². The van der Waals surface area contributed by atoms with Gasteiger partial charge in [-0.1, -0.05) is 24.3 Å². The van der Waals surface area contributed by atoms with Gasteiger partial charge in [-0.15, -0.1) is 11.3 Å². The number of carbonyl (C=O) groups is 2. The van der Waals surface area contributed by atoms with Gasteiger partial charge in [-0.25, -0.2) is 14.6 Å². The molecule has 4 aromatic heterocycles. The van der Waals surface area contributed by atoms with Gasteiger partial charge in [-0.3, -0.25) is 24.9 Å². The highest BCUT2D eigenvalue weighted by Crippen LogP contribution is 2.29. The molecule has 0 bridgehead atoms. The van der Waals surface area contributed by atoms with Gasteiger partial charge < -0.3 is 15.5 Å². The lowest BCUT2D eigenvalue weighted by molar-refractivity contribution is 0.101. The van der Waals surface area contributed by atoms with Crippen molar-refractivity contribution < 1.29 is 19.8 Å². The maximum atomic E-state index is 12.5. The number of amides is 2. The normalized spacial score (nSPS) is 10.6. The highest BCUT2D eigenvalue weighted by Gasteiger charge is 2.16. The molecule has 7 rings (SSSR count). The average Bonchev–Trinajstić information content (AvgIpc) is 3.78. The number of anilines is 2. The minimum absolute atomic E-state index is 0.118. The summed E-state index contributed by atoms with van der Waals surface area (Å²) in [6, 6.07) is 21.0. The number of rotatable bonds is 5. The van der Waals surface area contributed by atoms with Crippen LogP contribution in [0.25, 0.3) is 27.5 Å². The van der Waals surface area contributed by atoms with Crippen LogP contribution in [0.4, 0.5) is 10.8 Å². The van der Waals surface area contributed by atoms with E-state index in [4.69, 9.17) is 0 Å². The fraction of sp³-hybridized carbons (Fsp3) is 0. The van der Waals surface area contributed by atoms with Crippen LogP contribution in [0.5, 0.6) is 11.5 Å². The summed E-state index contributed by atoms with van der Waals surface area (Å²) >= 11 is 1.32. The van der Waals surface area contributed by atoms with Gasteiger partial charge >= 0.3 is 0 Å². The molecule has 7 aromatic rings. The van der Waals surface area contributed by atoms with E-state index >= 15 is 0 Å². The molecule has 0 aliphatic carbocycles. The van der Waals surface area contributed by atoms with Crippen LogP contribution in [-0.4, -0.2) is 51.7 Å². The van der Waals surface area contributed by atoms with E-state index in [0.29, 0.717) is 21.9 Å². The molecule has 44 heavy (non-hydrogen) atoms. The average molecular weight is 603 g/mol. The summed E-state index contributed by atoms with van der Waals surface area (Å²) in [5.74, 6) is -1.06. The fourth-order valence-electron chi connectivity index (χ4n) is 4.31. The molecule has 0 saturated heterocycles. The van der Waals surface area contributed by atoms with Crippen molar-refractivity contribution in [3.05, 3.63) is 121 Å². The molecule has 2 amide bonds. The molecule has 0 atom stereocenters. The van der Waals surface area contributed by atoms with Crippen molar-refractivity contribution in [3.63, 3.8) is 0 Å². The number of hydrogen-bond acceptors (Lipinski definition) is 10. The number of thiazole rings is 1. The van der Waals surface area contributed by atoms with Crippen LogP contribution < -0.4 is 10.6 Å². The zero-order valence-corrected chi connectivity index (χ0v) is 23.5. The van der Waals surface area contributed by atoms with E-state index in [2.05, 4.69) is 35.7 Å². The molecule has 4 heterocycles. The molecule has 0 spiro atoms. The maximum absolute atomic E-state index is 12.5. The van der Waals surface area contributed by atoms with Crippen molar-refractivity contribution in [2.75, 3.05) is 10.6 Å². The number of carbonyl (C=O) groups excluding carboxylic acids is 2. The Morgan fingerprint density at radius 3 is 1.86 bits per heavy atom. The van der Waals surface area contributed by atoms with Crippen LogP contribution in [-0.2, 0) is 0 Å².